The molecule has 0 aromatic carbocycles. The van der Waals surface area contributed by atoms with Crippen molar-refractivity contribution in [1.29, 1.82) is 0 Å². The van der Waals surface area contributed by atoms with Gasteiger partial charge in [0.05, 0.1) is 12.2 Å². The summed E-state index contributed by atoms with van der Waals surface area (Å²) < 4.78 is 0. The fourth-order valence-corrected chi connectivity index (χ4v) is 4.36. The van der Waals surface area contributed by atoms with E-state index in [4.69, 9.17) is 28.3 Å². The van der Waals surface area contributed by atoms with E-state index in [1.165, 1.54) is 37.9 Å². The van der Waals surface area contributed by atoms with Gasteiger partial charge in [-0.2, -0.15) is 23.5 Å². The first kappa shape index (κ1) is 22.2. The smallest absolute Gasteiger partial charge is 0.0765 e. The lowest BCUT2D eigenvalue weighted by Gasteiger charge is -2.21. The molecule has 1 aliphatic carbocycles. The summed E-state index contributed by atoms with van der Waals surface area (Å²) in [5.74, 6) is 5.47. The Morgan fingerprint density at radius 1 is 0.952 bits per heavy atom. The lowest BCUT2D eigenvalue weighted by atomic mass is 9.91. The molecule has 0 radical (unpaired) electrons. The second-order valence-corrected chi connectivity index (χ2v) is 8.33. The van der Waals surface area contributed by atoms with Crippen molar-refractivity contribution in [2.45, 2.75) is 51.2 Å². The Morgan fingerprint density at radius 2 is 1.48 bits per heavy atom. The summed E-state index contributed by atoms with van der Waals surface area (Å²) in [6.07, 6.45) is 6.39. The Balaban J connectivity index is 0.000000433. The van der Waals surface area contributed by atoms with Crippen LogP contribution in [-0.2, 0) is 0 Å². The maximum Gasteiger partial charge on any atom is 0.0765 e. The summed E-state index contributed by atoms with van der Waals surface area (Å²) in [7, 11) is 0. The number of rotatable bonds is 9. The van der Waals surface area contributed by atoms with Crippen LogP contribution in [0.2, 0.25) is 0 Å². The van der Waals surface area contributed by atoms with Crippen molar-refractivity contribution < 1.29 is 10.2 Å². The van der Waals surface area contributed by atoms with Gasteiger partial charge in [-0.15, -0.1) is 23.2 Å². The van der Waals surface area contributed by atoms with Crippen molar-refractivity contribution in [3.05, 3.63) is 0 Å². The van der Waals surface area contributed by atoms with Gasteiger partial charge in [-0.3, -0.25) is 0 Å². The van der Waals surface area contributed by atoms with Crippen LogP contribution in [-0.4, -0.2) is 57.2 Å². The van der Waals surface area contributed by atoms with E-state index in [1.807, 2.05) is 11.8 Å². The van der Waals surface area contributed by atoms with Crippen LogP contribution in [0.3, 0.4) is 0 Å². The fraction of sp³-hybridized carbons (Fsp3) is 1.00. The molecule has 0 aromatic rings. The first-order chi connectivity index (χ1) is 10.1. The molecule has 6 heteroatoms. The first-order valence-electron chi connectivity index (χ1n) is 7.77. The highest BCUT2D eigenvalue weighted by molar-refractivity contribution is 7.99. The van der Waals surface area contributed by atoms with Gasteiger partial charge in [0, 0.05) is 23.3 Å². The molecule has 2 unspecified atom stereocenters. The van der Waals surface area contributed by atoms with Crippen molar-refractivity contribution in [3.63, 3.8) is 0 Å². The van der Waals surface area contributed by atoms with Crippen LogP contribution in [0.15, 0.2) is 0 Å². The van der Waals surface area contributed by atoms with Crippen LogP contribution in [0.5, 0.6) is 0 Å². The summed E-state index contributed by atoms with van der Waals surface area (Å²) >= 11 is 14.4. The molecule has 2 N–H and O–H groups in total. The van der Waals surface area contributed by atoms with Gasteiger partial charge >= 0.3 is 0 Å². The second-order valence-electron chi connectivity index (χ2n) is 5.32. The van der Waals surface area contributed by atoms with E-state index in [0.717, 1.165) is 23.2 Å². The summed E-state index contributed by atoms with van der Waals surface area (Å²) in [4.78, 5) is 0. The Labute approximate surface area is 148 Å². The van der Waals surface area contributed by atoms with Gasteiger partial charge in [-0.25, -0.2) is 0 Å². The van der Waals surface area contributed by atoms with Gasteiger partial charge in [0.15, 0.2) is 0 Å². The van der Waals surface area contributed by atoms with Crippen molar-refractivity contribution in [2.75, 3.05) is 34.8 Å². The quantitative estimate of drug-likeness (QED) is 0.590. The summed E-state index contributed by atoms with van der Waals surface area (Å²) in [5.41, 5.74) is 0. The Bertz CT molecular complexity index is 218. The number of hydrogen-bond donors (Lipinski definition) is 2. The molecule has 1 fully saturated rings. The van der Waals surface area contributed by atoms with Crippen LogP contribution >= 0.6 is 46.7 Å². The lowest BCUT2D eigenvalue weighted by Crippen LogP contribution is -2.14. The van der Waals surface area contributed by atoms with E-state index in [0.29, 0.717) is 11.8 Å². The molecule has 2 atom stereocenters. The molecule has 1 rings (SSSR count). The molecular weight excluding hydrogens is 347 g/mol. The highest BCUT2D eigenvalue weighted by Gasteiger charge is 2.13. The molecule has 2 nitrogen and oxygen atoms in total. The second kappa shape index (κ2) is 16.1. The van der Waals surface area contributed by atoms with Crippen molar-refractivity contribution in [1.82, 2.24) is 0 Å². The van der Waals surface area contributed by atoms with Crippen molar-refractivity contribution in [3.8, 4) is 0 Å². The molecule has 128 valence electrons. The molecule has 1 aliphatic rings. The Kier molecular flexibility index (Phi) is 17.0. The maximum atomic E-state index is 9.23. The van der Waals surface area contributed by atoms with Gasteiger partial charge in [-0.05, 0) is 30.3 Å². The van der Waals surface area contributed by atoms with E-state index in [9.17, 15) is 5.11 Å². The lowest BCUT2D eigenvalue weighted by molar-refractivity contribution is 0.223. The normalized spacial score (nSPS) is 18.7. The number of alkyl halides is 2. The zero-order valence-corrected chi connectivity index (χ0v) is 16.1. The standard InChI is InChI=1S/C10H19ClOS.C5H11ClOS/c11-6-10(12)8-13-7-9-4-2-1-3-5-9;1-2-8-4-5(7)3-6/h9-10,12H,1-8H2;5,7H,2-4H2,1H3. The largest absolute Gasteiger partial charge is 0.391 e. The Hall–Kier alpha value is 1.20. The number of aliphatic hydroxyl groups is 2. The predicted molar refractivity (Wildman–Crippen MR) is 100 cm³/mol. The number of aliphatic hydroxyl groups excluding tert-OH is 2. The minimum Gasteiger partial charge on any atom is -0.391 e. The van der Waals surface area contributed by atoms with Crippen LogP contribution in [0.1, 0.15) is 39.0 Å². The third kappa shape index (κ3) is 14.5. The molecule has 0 amide bonds. The van der Waals surface area contributed by atoms with Crippen molar-refractivity contribution in [2.24, 2.45) is 5.92 Å². The maximum absolute atomic E-state index is 9.23. The molecule has 0 bridgehead atoms. The van der Waals surface area contributed by atoms with Gasteiger partial charge < -0.3 is 10.2 Å². The minimum absolute atomic E-state index is 0.310. The topological polar surface area (TPSA) is 40.5 Å². The molecule has 0 saturated heterocycles. The fourth-order valence-electron chi connectivity index (χ4n) is 2.07. The number of halogens is 2. The third-order valence-corrected chi connectivity index (χ3v) is 6.33. The summed E-state index contributed by atoms with van der Waals surface area (Å²) in [5, 5.41) is 18.1. The van der Waals surface area contributed by atoms with E-state index < -0.39 is 0 Å². The average Bonchev–Trinajstić information content (AvgIpc) is 2.54. The van der Waals surface area contributed by atoms with Crippen LogP contribution in [0.25, 0.3) is 0 Å². The molecule has 0 spiro atoms. The summed E-state index contributed by atoms with van der Waals surface area (Å²) in [6, 6.07) is 0. The zero-order valence-electron chi connectivity index (χ0n) is 13.0. The number of thioether (sulfide) groups is 2. The monoisotopic (exact) mass is 376 g/mol. The van der Waals surface area contributed by atoms with Gasteiger partial charge in [0.25, 0.3) is 0 Å². The molecule has 0 aliphatic heterocycles. The van der Waals surface area contributed by atoms with Crippen molar-refractivity contribution >= 4 is 46.7 Å². The van der Waals surface area contributed by atoms with E-state index in [1.54, 1.807) is 11.8 Å². The molecule has 1 saturated carbocycles. The van der Waals surface area contributed by atoms with Gasteiger partial charge in [-0.1, -0.05) is 26.2 Å². The van der Waals surface area contributed by atoms with Crippen LogP contribution in [0.4, 0.5) is 0 Å². The average molecular weight is 377 g/mol. The molecule has 0 aromatic heterocycles. The Morgan fingerprint density at radius 3 is 1.95 bits per heavy atom. The first-order valence-corrected chi connectivity index (χ1v) is 11.1. The van der Waals surface area contributed by atoms with Gasteiger partial charge in [0.1, 0.15) is 0 Å². The minimum atomic E-state index is -0.318. The van der Waals surface area contributed by atoms with E-state index in [2.05, 4.69) is 6.92 Å². The molecular formula is C15H30Cl2O2S2. The molecule has 21 heavy (non-hydrogen) atoms. The SMILES string of the molecule is CCSCC(O)CCl.OC(CCl)CSCC1CCCCC1. The zero-order chi connectivity index (χ0) is 15.9. The van der Waals surface area contributed by atoms with Gasteiger partial charge in [0.2, 0.25) is 0 Å². The van der Waals surface area contributed by atoms with Crippen LogP contribution in [0, 0.1) is 5.92 Å². The predicted octanol–water partition coefficient (Wildman–Crippen LogP) is 4.24. The summed E-state index contributed by atoms with van der Waals surface area (Å²) in [6.45, 7) is 2.06. The molecule has 0 heterocycles. The third-order valence-electron chi connectivity index (χ3n) is 3.26. The highest BCUT2D eigenvalue weighted by Crippen LogP contribution is 2.26. The van der Waals surface area contributed by atoms with E-state index in [-0.39, 0.29) is 12.2 Å². The highest BCUT2D eigenvalue weighted by atomic mass is 35.5. The van der Waals surface area contributed by atoms with E-state index >= 15 is 0 Å². The number of hydrogen-bond acceptors (Lipinski definition) is 4. The van der Waals surface area contributed by atoms with Crippen LogP contribution < -0.4 is 0 Å².